The monoisotopic (exact) mass is 236 g/mol. The Hall–Kier alpha value is -1.09. The molecule has 0 fully saturated rings. The molecule has 1 aromatic heterocycles. The molecule has 1 rings (SSSR count). The predicted octanol–water partition coefficient (Wildman–Crippen LogP) is 2.80. The lowest BCUT2D eigenvalue weighted by molar-refractivity contribution is 0.241. The summed E-state index contributed by atoms with van der Waals surface area (Å²) in [4.78, 5) is 4.20. The second-order valence-electron chi connectivity index (χ2n) is 5.62. The standard InChI is InChI=1S/C14H24N2O/c1-11(2)17-13-8-12(9-15-10-13)6-7-16-14(3,4)5/h8-11,16H,6-7H2,1-5H3. The zero-order valence-corrected chi connectivity index (χ0v) is 11.6. The Morgan fingerprint density at radius 1 is 1.29 bits per heavy atom. The molecule has 0 radical (unpaired) electrons. The van der Waals surface area contributed by atoms with Crippen molar-refractivity contribution in [2.24, 2.45) is 0 Å². The average Bonchev–Trinajstić information content (AvgIpc) is 2.15. The molecular weight excluding hydrogens is 212 g/mol. The lowest BCUT2D eigenvalue weighted by atomic mass is 10.1. The number of ether oxygens (including phenoxy) is 1. The van der Waals surface area contributed by atoms with Crippen LogP contribution in [0, 0.1) is 0 Å². The molecule has 3 nitrogen and oxygen atoms in total. The molecule has 0 spiro atoms. The summed E-state index contributed by atoms with van der Waals surface area (Å²) in [6.07, 6.45) is 4.83. The molecule has 0 aliphatic heterocycles. The van der Waals surface area contributed by atoms with Crippen molar-refractivity contribution < 1.29 is 4.74 Å². The molecule has 3 heteroatoms. The van der Waals surface area contributed by atoms with E-state index < -0.39 is 0 Å². The van der Waals surface area contributed by atoms with Gasteiger partial charge in [0.2, 0.25) is 0 Å². The number of nitrogens with one attached hydrogen (secondary N) is 1. The first kappa shape index (κ1) is 14.0. The first-order valence-corrected chi connectivity index (χ1v) is 6.22. The summed E-state index contributed by atoms with van der Waals surface area (Å²) in [7, 11) is 0. The van der Waals surface area contributed by atoms with E-state index in [4.69, 9.17) is 4.74 Å². The highest BCUT2D eigenvalue weighted by Crippen LogP contribution is 2.13. The fourth-order valence-corrected chi connectivity index (χ4v) is 1.52. The lowest BCUT2D eigenvalue weighted by Crippen LogP contribution is -2.37. The van der Waals surface area contributed by atoms with E-state index in [1.807, 2.05) is 20.0 Å². The van der Waals surface area contributed by atoms with Crippen molar-refractivity contribution in [3.63, 3.8) is 0 Å². The number of nitrogens with zero attached hydrogens (tertiary/aromatic N) is 1. The topological polar surface area (TPSA) is 34.1 Å². The van der Waals surface area contributed by atoms with Crippen LogP contribution in [0.3, 0.4) is 0 Å². The highest BCUT2D eigenvalue weighted by atomic mass is 16.5. The maximum absolute atomic E-state index is 5.62. The molecule has 17 heavy (non-hydrogen) atoms. The molecule has 1 N–H and O–H groups in total. The SMILES string of the molecule is CC(C)Oc1cncc(CCNC(C)(C)C)c1. The average molecular weight is 236 g/mol. The molecule has 0 aliphatic carbocycles. The third kappa shape index (κ3) is 6.27. The summed E-state index contributed by atoms with van der Waals surface area (Å²) in [6.45, 7) is 11.5. The number of hydrogen-bond acceptors (Lipinski definition) is 3. The zero-order valence-electron chi connectivity index (χ0n) is 11.6. The third-order valence-corrected chi connectivity index (χ3v) is 2.21. The molecule has 0 saturated heterocycles. The predicted molar refractivity (Wildman–Crippen MR) is 71.5 cm³/mol. The smallest absolute Gasteiger partial charge is 0.138 e. The van der Waals surface area contributed by atoms with Gasteiger partial charge in [0, 0.05) is 11.7 Å². The molecular formula is C14H24N2O. The van der Waals surface area contributed by atoms with Gasteiger partial charge in [0.15, 0.2) is 0 Å². The normalized spacial score (nSPS) is 11.9. The zero-order chi connectivity index (χ0) is 12.9. The molecule has 0 saturated carbocycles. The van der Waals surface area contributed by atoms with Gasteiger partial charge in [0.1, 0.15) is 5.75 Å². The number of pyridine rings is 1. The molecule has 0 amide bonds. The minimum atomic E-state index is 0.166. The molecule has 96 valence electrons. The van der Waals surface area contributed by atoms with E-state index in [0.29, 0.717) is 0 Å². The second kappa shape index (κ2) is 6.01. The van der Waals surface area contributed by atoms with Crippen LogP contribution >= 0.6 is 0 Å². The van der Waals surface area contributed by atoms with Crippen molar-refractivity contribution in [1.29, 1.82) is 0 Å². The Morgan fingerprint density at radius 2 is 2.00 bits per heavy atom. The van der Waals surface area contributed by atoms with Crippen LogP contribution in [0.2, 0.25) is 0 Å². The molecule has 0 bridgehead atoms. The van der Waals surface area contributed by atoms with Gasteiger partial charge in [-0.05, 0) is 59.2 Å². The molecule has 0 aromatic carbocycles. The van der Waals surface area contributed by atoms with E-state index >= 15 is 0 Å². The van der Waals surface area contributed by atoms with E-state index in [9.17, 15) is 0 Å². The van der Waals surface area contributed by atoms with E-state index in [0.717, 1.165) is 18.7 Å². The molecule has 0 aliphatic rings. The molecule has 0 atom stereocenters. The summed E-state index contributed by atoms with van der Waals surface area (Å²) < 4.78 is 5.62. The van der Waals surface area contributed by atoms with Crippen molar-refractivity contribution >= 4 is 0 Å². The highest BCUT2D eigenvalue weighted by Gasteiger charge is 2.08. The Labute approximate surface area is 105 Å². The van der Waals surface area contributed by atoms with E-state index in [-0.39, 0.29) is 11.6 Å². The minimum absolute atomic E-state index is 0.166. The Kier molecular flexibility index (Phi) is 4.94. The van der Waals surface area contributed by atoms with Gasteiger partial charge in [-0.1, -0.05) is 0 Å². The van der Waals surface area contributed by atoms with Crippen LogP contribution in [0.15, 0.2) is 18.5 Å². The highest BCUT2D eigenvalue weighted by molar-refractivity contribution is 5.24. The van der Waals surface area contributed by atoms with Crippen LogP contribution in [0.5, 0.6) is 5.75 Å². The molecule has 1 aromatic rings. The lowest BCUT2D eigenvalue weighted by Gasteiger charge is -2.20. The summed E-state index contributed by atoms with van der Waals surface area (Å²) >= 11 is 0. The van der Waals surface area contributed by atoms with E-state index in [1.54, 1.807) is 6.20 Å². The van der Waals surface area contributed by atoms with Crippen molar-refractivity contribution in [2.75, 3.05) is 6.54 Å². The van der Waals surface area contributed by atoms with Gasteiger partial charge in [0.25, 0.3) is 0 Å². The Balaban J connectivity index is 2.48. The van der Waals surface area contributed by atoms with Gasteiger partial charge >= 0.3 is 0 Å². The van der Waals surface area contributed by atoms with Gasteiger partial charge in [-0.25, -0.2) is 0 Å². The van der Waals surface area contributed by atoms with Crippen molar-refractivity contribution in [1.82, 2.24) is 10.3 Å². The van der Waals surface area contributed by atoms with Crippen LogP contribution in [0.1, 0.15) is 40.2 Å². The van der Waals surface area contributed by atoms with Crippen molar-refractivity contribution in [2.45, 2.75) is 52.7 Å². The van der Waals surface area contributed by atoms with Crippen molar-refractivity contribution in [3.8, 4) is 5.75 Å². The summed E-state index contributed by atoms with van der Waals surface area (Å²) in [5.41, 5.74) is 1.37. The van der Waals surface area contributed by atoms with Gasteiger partial charge in [-0.3, -0.25) is 4.98 Å². The van der Waals surface area contributed by atoms with E-state index in [1.165, 1.54) is 5.56 Å². The largest absolute Gasteiger partial charge is 0.489 e. The van der Waals surface area contributed by atoms with Gasteiger partial charge < -0.3 is 10.1 Å². The Bertz CT molecular complexity index is 342. The first-order chi connectivity index (χ1) is 7.87. The van der Waals surface area contributed by atoms with Gasteiger partial charge in [-0.2, -0.15) is 0 Å². The summed E-state index contributed by atoms with van der Waals surface area (Å²) in [5.74, 6) is 0.855. The van der Waals surface area contributed by atoms with E-state index in [2.05, 4.69) is 37.1 Å². The number of aromatic nitrogens is 1. The summed E-state index contributed by atoms with van der Waals surface area (Å²) in [6, 6.07) is 2.07. The maximum Gasteiger partial charge on any atom is 0.138 e. The molecule has 1 heterocycles. The van der Waals surface area contributed by atoms with Crippen LogP contribution in [-0.2, 0) is 6.42 Å². The van der Waals surface area contributed by atoms with Crippen LogP contribution in [0.4, 0.5) is 0 Å². The molecule has 0 unspecified atom stereocenters. The van der Waals surface area contributed by atoms with Crippen LogP contribution in [0.25, 0.3) is 0 Å². The van der Waals surface area contributed by atoms with Gasteiger partial charge in [0.05, 0.1) is 12.3 Å². The number of rotatable bonds is 5. The number of hydrogen-bond donors (Lipinski definition) is 1. The fourth-order valence-electron chi connectivity index (χ4n) is 1.52. The second-order valence-corrected chi connectivity index (χ2v) is 5.62. The van der Waals surface area contributed by atoms with Gasteiger partial charge in [-0.15, -0.1) is 0 Å². The Morgan fingerprint density at radius 3 is 2.59 bits per heavy atom. The van der Waals surface area contributed by atoms with Crippen molar-refractivity contribution in [3.05, 3.63) is 24.0 Å². The first-order valence-electron chi connectivity index (χ1n) is 6.22. The quantitative estimate of drug-likeness (QED) is 0.853. The van der Waals surface area contributed by atoms with Crippen LogP contribution < -0.4 is 10.1 Å². The fraction of sp³-hybridized carbons (Fsp3) is 0.643. The third-order valence-electron chi connectivity index (χ3n) is 2.21. The maximum atomic E-state index is 5.62. The minimum Gasteiger partial charge on any atom is -0.489 e. The summed E-state index contributed by atoms with van der Waals surface area (Å²) in [5, 5.41) is 3.46. The van der Waals surface area contributed by atoms with Crippen LogP contribution in [-0.4, -0.2) is 23.2 Å².